The number of hydrogen-bond acceptors (Lipinski definition) is 7. The molecule has 0 aliphatic rings. The Morgan fingerprint density at radius 3 is 2.47 bits per heavy atom. The van der Waals surface area contributed by atoms with E-state index < -0.39 is 78.6 Å². The van der Waals surface area contributed by atoms with E-state index in [2.05, 4.69) is 0 Å². The predicted molar refractivity (Wildman–Crippen MR) is 106 cm³/mol. The molecule has 0 aliphatic carbocycles. The van der Waals surface area contributed by atoms with E-state index in [0.29, 0.717) is 5.56 Å². The standard InChI is InChI=1S/C19H30N2O7S.Na/c1-4-8-15(18(23)29(25,26)27)20-17(22)16(11-13(2)3)21-19(24)28-12-14-9-6-5-7-10-14;/h5-7,9-10,13,15-16,18,23H,4,8,11-12H2,1-3H3,(H,20,22)(H,21,24)(H,25,26,27);/q;+1/p-1/t15-,16?,18?;/m0./s1/i2D3,3D3,11D2,13D,16D;. The van der Waals surface area contributed by atoms with E-state index in [1.807, 2.05) is 0 Å². The third-order valence-electron chi connectivity index (χ3n) is 3.47. The van der Waals surface area contributed by atoms with Crippen molar-refractivity contribution in [2.24, 2.45) is 5.89 Å². The van der Waals surface area contributed by atoms with Gasteiger partial charge in [0.2, 0.25) is 5.91 Å². The van der Waals surface area contributed by atoms with Gasteiger partial charge in [-0.1, -0.05) is 57.4 Å². The second-order valence-corrected chi connectivity index (χ2v) is 7.28. The van der Waals surface area contributed by atoms with Crippen molar-refractivity contribution in [3.05, 3.63) is 35.9 Å². The Morgan fingerprint density at radius 1 is 1.30 bits per heavy atom. The molecule has 0 spiro atoms. The topological polar surface area (TPSA) is 145 Å². The summed E-state index contributed by atoms with van der Waals surface area (Å²) in [5.41, 5.74) is -2.42. The number of alkyl carbamates (subject to hydrolysis) is 1. The molecule has 30 heavy (non-hydrogen) atoms. The van der Waals surface area contributed by atoms with Gasteiger partial charge in [-0.05, 0) is 24.3 Å². The van der Waals surface area contributed by atoms with Crippen molar-refractivity contribution in [2.75, 3.05) is 0 Å². The second kappa shape index (κ2) is 14.0. The van der Waals surface area contributed by atoms with Crippen LogP contribution in [-0.2, 0) is 26.3 Å². The van der Waals surface area contributed by atoms with Crippen LogP contribution >= 0.6 is 0 Å². The van der Waals surface area contributed by atoms with Crippen LogP contribution in [0.1, 0.15) is 59.1 Å². The molecule has 0 radical (unpaired) electrons. The fourth-order valence-corrected chi connectivity index (χ4v) is 2.78. The fraction of sp³-hybridized carbons (Fsp3) is 0.579. The maximum absolute atomic E-state index is 13.3. The van der Waals surface area contributed by atoms with Crippen LogP contribution in [0, 0.1) is 5.89 Å². The number of amides is 2. The molecule has 11 heteroatoms. The van der Waals surface area contributed by atoms with Gasteiger partial charge in [-0.3, -0.25) is 4.79 Å². The van der Waals surface area contributed by atoms with E-state index >= 15 is 0 Å². The molecular formula is C19H29N2NaO7S. The van der Waals surface area contributed by atoms with Crippen molar-refractivity contribution < 1.29 is 75.7 Å². The molecule has 164 valence electrons. The van der Waals surface area contributed by atoms with Crippen molar-refractivity contribution in [3.63, 3.8) is 0 Å². The van der Waals surface area contributed by atoms with E-state index in [1.54, 1.807) is 23.5 Å². The number of aliphatic hydroxyl groups is 1. The summed E-state index contributed by atoms with van der Waals surface area (Å²) >= 11 is 0. The van der Waals surface area contributed by atoms with Crippen LogP contribution < -0.4 is 40.2 Å². The quantitative estimate of drug-likeness (QED) is 0.267. The van der Waals surface area contributed by atoms with Crippen LogP contribution in [0.5, 0.6) is 0 Å². The van der Waals surface area contributed by atoms with Crippen LogP contribution in [0.4, 0.5) is 4.79 Å². The summed E-state index contributed by atoms with van der Waals surface area (Å²) in [5.74, 6) is -6.29. The number of benzene rings is 1. The minimum absolute atomic E-state index is 0. The maximum atomic E-state index is 13.3. The number of carbonyl (C=O) groups is 2. The molecule has 0 bridgehead atoms. The molecule has 2 amide bonds. The van der Waals surface area contributed by atoms with Gasteiger partial charge in [0, 0.05) is 12.3 Å². The van der Waals surface area contributed by atoms with E-state index in [-0.39, 0.29) is 36.0 Å². The summed E-state index contributed by atoms with van der Waals surface area (Å²) in [7, 11) is -5.48. The molecule has 3 atom stereocenters. The minimum Gasteiger partial charge on any atom is -0.746 e. The Morgan fingerprint density at radius 2 is 1.93 bits per heavy atom. The largest absolute Gasteiger partial charge is 1.00 e. The zero-order valence-corrected chi connectivity index (χ0v) is 19.3. The van der Waals surface area contributed by atoms with Gasteiger partial charge < -0.3 is 25.0 Å². The first-order valence-corrected chi connectivity index (χ1v) is 9.87. The average Bonchev–Trinajstić information content (AvgIpc) is 2.79. The van der Waals surface area contributed by atoms with E-state index in [1.165, 1.54) is 24.4 Å². The normalized spacial score (nSPS) is 21.8. The molecular weight excluding hydrogens is 423 g/mol. The molecule has 1 aromatic carbocycles. The second-order valence-electron chi connectivity index (χ2n) is 5.81. The predicted octanol–water partition coefficient (Wildman–Crippen LogP) is -1.52. The number of ether oxygens (including phenoxy) is 1. The van der Waals surface area contributed by atoms with Gasteiger partial charge >= 0.3 is 35.7 Å². The van der Waals surface area contributed by atoms with E-state index in [0.717, 1.165) is 0 Å². The van der Waals surface area contributed by atoms with Crippen LogP contribution in [0.25, 0.3) is 0 Å². The summed E-state index contributed by atoms with van der Waals surface area (Å²) < 4.78 is 118. The average molecular weight is 463 g/mol. The first-order chi connectivity index (χ1) is 17.5. The molecule has 0 aliphatic heterocycles. The molecule has 0 heterocycles. The Labute approximate surface area is 214 Å². The maximum Gasteiger partial charge on any atom is 1.00 e. The Kier molecular flexibility index (Phi) is 7.28. The Bertz CT molecular complexity index is 1110. The molecule has 1 rings (SSSR count). The molecule has 1 aromatic rings. The van der Waals surface area contributed by atoms with E-state index in [9.17, 15) is 27.7 Å². The number of aliphatic hydroxyl groups excluding tert-OH is 1. The summed E-state index contributed by atoms with van der Waals surface area (Å²) in [4.78, 5) is 25.8. The zero-order chi connectivity index (χ0) is 30.7. The van der Waals surface area contributed by atoms with Gasteiger partial charge in [0.15, 0.2) is 5.44 Å². The summed E-state index contributed by atoms with van der Waals surface area (Å²) in [6.07, 6.45) is -6.41. The molecule has 0 fully saturated rings. The Hall–Kier alpha value is -1.17. The molecule has 3 N–H and O–H groups in total. The van der Waals surface area contributed by atoms with Crippen LogP contribution in [0.3, 0.4) is 0 Å². The monoisotopic (exact) mass is 462 g/mol. The zero-order valence-electron chi connectivity index (χ0n) is 26.5. The van der Waals surface area contributed by atoms with Crippen molar-refractivity contribution >= 4 is 22.1 Å². The van der Waals surface area contributed by atoms with Crippen molar-refractivity contribution in [3.8, 4) is 0 Å². The smallest absolute Gasteiger partial charge is 0.746 e. The molecule has 9 nitrogen and oxygen atoms in total. The van der Waals surface area contributed by atoms with E-state index in [4.69, 9.17) is 18.4 Å². The van der Waals surface area contributed by atoms with Crippen LogP contribution in [-0.4, -0.2) is 47.6 Å². The van der Waals surface area contributed by atoms with Crippen molar-refractivity contribution in [2.45, 2.75) is 63.9 Å². The van der Waals surface area contributed by atoms with Crippen molar-refractivity contribution in [1.82, 2.24) is 10.6 Å². The first kappa shape index (κ1) is 15.6. The van der Waals surface area contributed by atoms with Gasteiger partial charge in [-0.2, -0.15) is 0 Å². The Balaban J connectivity index is 0.0000152. The summed E-state index contributed by atoms with van der Waals surface area (Å²) in [6, 6.07) is 1.80. The van der Waals surface area contributed by atoms with Crippen LogP contribution in [0.2, 0.25) is 0 Å². The van der Waals surface area contributed by atoms with Crippen molar-refractivity contribution in [1.29, 1.82) is 0 Å². The summed E-state index contributed by atoms with van der Waals surface area (Å²) in [6.45, 7) is -7.10. The van der Waals surface area contributed by atoms with Gasteiger partial charge in [0.05, 0.1) is 7.41 Å². The van der Waals surface area contributed by atoms with Gasteiger partial charge in [0.1, 0.15) is 22.7 Å². The molecule has 0 saturated heterocycles. The molecule has 0 saturated carbocycles. The first-order valence-electron chi connectivity index (χ1n) is 13.4. The SMILES string of the molecule is [2H]C([2H])([2H])C([2H])(C([2H])([2H])[2H])C([2H])([2H])C([2H])(NC(=O)OCc1ccccc1)C(=O)N[C@@H](CCC)C(O)S(=O)(=O)[O-].[Na+]. The number of nitrogens with one attached hydrogen (secondary N) is 2. The minimum atomic E-state index is -5.48. The third kappa shape index (κ3) is 10.7. The van der Waals surface area contributed by atoms with Gasteiger partial charge in [0.25, 0.3) is 0 Å². The molecule has 0 aromatic heterocycles. The number of carbonyl (C=O) groups excluding carboxylic acids is 2. The molecule has 2 unspecified atom stereocenters. The number of hydrogen-bond donors (Lipinski definition) is 3. The van der Waals surface area contributed by atoms with Gasteiger partial charge in [-0.25, -0.2) is 13.2 Å². The summed E-state index contributed by atoms with van der Waals surface area (Å²) in [5, 5.41) is 13.1. The van der Waals surface area contributed by atoms with Gasteiger partial charge in [-0.15, -0.1) is 0 Å². The number of rotatable bonds is 11. The fourth-order valence-electron chi connectivity index (χ4n) is 2.17. The third-order valence-corrected chi connectivity index (χ3v) is 4.39. The van der Waals surface area contributed by atoms with Crippen LogP contribution in [0.15, 0.2) is 30.3 Å².